The summed E-state index contributed by atoms with van der Waals surface area (Å²) in [6, 6.07) is 11.7. The van der Waals surface area contributed by atoms with Crippen molar-refractivity contribution < 1.29 is 12.8 Å². The molecular formula is C27H32N+. The third kappa shape index (κ3) is 3.28. The molecule has 0 amide bonds. The van der Waals surface area contributed by atoms with Crippen LogP contribution in [0, 0.1) is 26.0 Å². The van der Waals surface area contributed by atoms with Crippen molar-refractivity contribution in [3.8, 4) is 22.4 Å². The van der Waals surface area contributed by atoms with Gasteiger partial charge >= 0.3 is 0 Å². The highest BCUT2D eigenvalue weighted by molar-refractivity contribution is 5.82. The van der Waals surface area contributed by atoms with Crippen LogP contribution in [-0.2, 0) is 19.9 Å². The fourth-order valence-electron chi connectivity index (χ4n) is 4.38. The maximum Gasteiger partial charge on any atom is 0.212 e. The molecule has 3 aromatic rings. The average Bonchev–Trinajstić information content (AvgIpc) is 3.06. The minimum atomic E-state index is -2.17. The van der Waals surface area contributed by atoms with Gasteiger partial charge in [0.2, 0.25) is 5.69 Å². The van der Waals surface area contributed by atoms with E-state index in [1.54, 1.807) is 12.3 Å². The predicted octanol–water partition coefficient (Wildman–Crippen LogP) is 6.26. The van der Waals surface area contributed by atoms with Crippen molar-refractivity contribution in [1.82, 2.24) is 0 Å². The van der Waals surface area contributed by atoms with Gasteiger partial charge in [-0.1, -0.05) is 50.6 Å². The van der Waals surface area contributed by atoms with Gasteiger partial charge in [0.05, 0.1) is 0 Å². The van der Waals surface area contributed by atoms with Gasteiger partial charge in [0.25, 0.3) is 0 Å². The molecule has 1 heterocycles. The Morgan fingerprint density at radius 3 is 2.46 bits per heavy atom. The lowest BCUT2D eigenvalue weighted by molar-refractivity contribution is -0.660. The van der Waals surface area contributed by atoms with Gasteiger partial charge in [-0.3, -0.25) is 0 Å². The van der Waals surface area contributed by atoms with E-state index in [1.807, 2.05) is 29.8 Å². The summed E-state index contributed by atoms with van der Waals surface area (Å²) >= 11 is 0. The molecule has 144 valence electrons. The monoisotopic (exact) mass is 376 g/mol. The first kappa shape index (κ1) is 12.9. The van der Waals surface area contributed by atoms with Gasteiger partial charge in [-0.25, -0.2) is 4.57 Å². The van der Waals surface area contributed by atoms with Crippen LogP contribution in [0.4, 0.5) is 0 Å². The lowest BCUT2D eigenvalue weighted by Gasteiger charge is -2.20. The number of benzene rings is 2. The number of nitrogens with zero attached hydrogens (tertiary/aromatic N) is 1. The van der Waals surface area contributed by atoms with Crippen molar-refractivity contribution in [1.29, 1.82) is 0 Å². The lowest BCUT2D eigenvalue weighted by atomic mass is 9.86. The second-order valence-electron chi connectivity index (χ2n) is 9.26. The lowest BCUT2D eigenvalue weighted by Crippen LogP contribution is -2.32. The Morgan fingerprint density at radius 1 is 1.00 bits per heavy atom. The van der Waals surface area contributed by atoms with Crippen molar-refractivity contribution in [3.05, 3.63) is 76.0 Å². The number of pyridine rings is 1. The van der Waals surface area contributed by atoms with Crippen molar-refractivity contribution in [2.45, 2.75) is 54.2 Å². The molecule has 4 rings (SSSR count). The second-order valence-corrected chi connectivity index (χ2v) is 9.26. The van der Waals surface area contributed by atoms with Crippen molar-refractivity contribution in [2.24, 2.45) is 12.5 Å². The molecule has 0 bridgehead atoms. The molecule has 0 atom stereocenters. The van der Waals surface area contributed by atoms with Crippen LogP contribution in [0.25, 0.3) is 22.4 Å². The van der Waals surface area contributed by atoms with Crippen molar-refractivity contribution in [3.63, 3.8) is 0 Å². The highest BCUT2D eigenvalue weighted by atomic mass is 14.9. The van der Waals surface area contributed by atoms with E-state index in [0.29, 0.717) is 24.0 Å². The summed E-state index contributed by atoms with van der Waals surface area (Å²) in [5.74, 6) is 0. The maximum absolute atomic E-state index is 8.05. The first-order valence-electron chi connectivity index (χ1n) is 12.9. The van der Waals surface area contributed by atoms with Gasteiger partial charge in [-0.2, -0.15) is 0 Å². The van der Waals surface area contributed by atoms with E-state index < -0.39 is 13.7 Å². The zero-order valence-corrected chi connectivity index (χ0v) is 17.4. The topological polar surface area (TPSA) is 3.88 Å². The highest BCUT2D eigenvalue weighted by Gasteiger charge is 2.25. The molecule has 1 aliphatic rings. The molecule has 1 nitrogen and oxygen atoms in total. The third-order valence-electron chi connectivity index (χ3n) is 5.72. The fraction of sp³-hybridized carbons (Fsp3) is 0.370. The van der Waals surface area contributed by atoms with Gasteiger partial charge in [-0.05, 0) is 78.3 Å². The number of hydrogen-bond acceptors (Lipinski definition) is 0. The van der Waals surface area contributed by atoms with E-state index in [2.05, 4.69) is 39.8 Å². The molecule has 0 aliphatic heterocycles. The maximum atomic E-state index is 8.05. The molecule has 1 aromatic heterocycles. The first-order valence-corrected chi connectivity index (χ1v) is 9.86. The van der Waals surface area contributed by atoms with E-state index >= 15 is 0 Å². The molecule has 0 unspecified atom stereocenters. The second kappa shape index (κ2) is 6.58. The third-order valence-corrected chi connectivity index (χ3v) is 5.72. The van der Waals surface area contributed by atoms with Crippen LogP contribution in [0.15, 0.2) is 42.6 Å². The quantitative estimate of drug-likeness (QED) is 0.363. The van der Waals surface area contributed by atoms with Crippen molar-refractivity contribution >= 4 is 0 Å². The molecule has 28 heavy (non-hydrogen) atoms. The van der Waals surface area contributed by atoms with E-state index in [9.17, 15) is 0 Å². The predicted molar refractivity (Wildman–Crippen MR) is 119 cm³/mol. The Balaban J connectivity index is 1.83. The SMILES string of the molecule is [2H]C([2H])([2H])c1ccc2c(c1)Cc1c-2ccc(-c2cc(CC(C)(C)C)c(C([2H])([2H])[2H])c[n+]2C)c1C. The number of hydrogen-bond donors (Lipinski definition) is 0. The van der Waals surface area contributed by atoms with Gasteiger partial charge in [0, 0.05) is 25.4 Å². The standard InChI is InChI=1S/C27H32N/c1-17-8-9-23-20(12-17)13-25-19(3)22(10-11-24(23)25)26-14-21(15-27(4,5)6)18(2)16-28(26)7/h8-12,14,16H,13,15H2,1-7H3/q+1/i1D3,2D3. The smallest absolute Gasteiger partial charge is 0.201 e. The van der Waals surface area contributed by atoms with Crippen LogP contribution in [0.1, 0.15) is 62.4 Å². The minimum Gasteiger partial charge on any atom is -0.201 e. The van der Waals surface area contributed by atoms with Crippen molar-refractivity contribution in [2.75, 3.05) is 0 Å². The molecule has 1 aliphatic carbocycles. The number of aryl methyl sites for hydroxylation is 3. The zero-order chi connectivity index (χ0) is 25.2. The van der Waals surface area contributed by atoms with Gasteiger partial charge in [0.1, 0.15) is 7.05 Å². The number of rotatable bonds is 2. The summed E-state index contributed by atoms with van der Waals surface area (Å²) in [7, 11) is 1.90. The normalized spacial score (nSPS) is 16.9. The number of fused-ring (bicyclic) bond motifs is 3. The molecule has 0 N–H and O–H groups in total. The van der Waals surface area contributed by atoms with Crippen LogP contribution >= 0.6 is 0 Å². The van der Waals surface area contributed by atoms with E-state index in [0.717, 1.165) is 39.1 Å². The summed E-state index contributed by atoms with van der Waals surface area (Å²) in [4.78, 5) is 0. The molecule has 1 heteroatoms. The molecule has 0 spiro atoms. The molecule has 0 saturated carbocycles. The van der Waals surface area contributed by atoms with E-state index in [4.69, 9.17) is 8.22 Å². The average molecular weight is 377 g/mol. The van der Waals surface area contributed by atoms with Gasteiger partial charge in [-0.15, -0.1) is 0 Å². The minimum absolute atomic E-state index is 0.0493. The van der Waals surface area contributed by atoms with Crippen LogP contribution in [0.5, 0.6) is 0 Å². The summed E-state index contributed by atoms with van der Waals surface area (Å²) < 4.78 is 49.3. The Hall–Kier alpha value is -2.41. The van der Waals surface area contributed by atoms with Crippen LogP contribution < -0.4 is 4.57 Å². The Bertz CT molecular complexity index is 1280. The first-order chi connectivity index (χ1) is 15.6. The molecule has 0 fully saturated rings. The summed E-state index contributed by atoms with van der Waals surface area (Å²) in [5.41, 5.74) is 9.24. The van der Waals surface area contributed by atoms with Gasteiger partial charge < -0.3 is 0 Å². The molecule has 2 aromatic carbocycles. The van der Waals surface area contributed by atoms with E-state index in [-0.39, 0.29) is 5.41 Å². The zero-order valence-electron chi connectivity index (χ0n) is 23.4. The van der Waals surface area contributed by atoms with Gasteiger partial charge in [0.15, 0.2) is 6.20 Å². The Morgan fingerprint density at radius 2 is 1.75 bits per heavy atom. The molecular weight excluding hydrogens is 338 g/mol. The Labute approximate surface area is 178 Å². The summed E-state index contributed by atoms with van der Waals surface area (Å²) in [6.07, 6.45) is 3.12. The largest absolute Gasteiger partial charge is 0.212 e. The van der Waals surface area contributed by atoms with Crippen LogP contribution in [-0.4, -0.2) is 0 Å². The number of aromatic nitrogens is 1. The van der Waals surface area contributed by atoms with Crippen LogP contribution in [0.2, 0.25) is 0 Å². The highest BCUT2D eigenvalue weighted by Crippen LogP contribution is 2.41. The Kier molecular flexibility index (Phi) is 3.04. The summed E-state index contributed by atoms with van der Waals surface area (Å²) in [5, 5.41) is 0. The molecule has 0 saturated heterocycles. The van der Waals surface area contributed by atoms with Crippen LogP contribution in [0.3, 0.4) is 0 Å². The summed E-state index contributed by atoms with van der Waals surface area (Å²) in [6.45, 7) is 4.17. The molecule has 0 radical (unpaired) electrons. The fourth-order valence-corrected chi connectivity index (χ4v) is 4.38. The van der Waals surface area contributed by atoms with E-state index in [1.165, 1.54) is 5.56 Å².